The number of rotatable bonds is 10. The molecule has 5 rings (SSSR count). The number of benzene rings is 2. The maximum absolute atomic E-state index is 14.6. The molecule has 0 radical (unpaired) electrons. The third-order valence-corrected chi connectivity index (χ3v) is 7.60. The molecule has 1 fully saturated rings. The summed E-state index contributed by atoms with van der Waals surface area (Å²) in [6, 6.07) is 16.1. The number of halogens is 1. The van der Waals surface area contributed by atoms with Crippen LogP contribution in [0.3, 0.4) is 0 Å². The van der Waals surface area contributed by atoms with Crippen molar-refractivity contribution in [1.82, 2.24) is 19.4 Å². The van der Waals surface area contributed by atoms with E-state index in [2.05, 4.69) is 9.55 Å². The molecule has 9 heteroatoms. The van der Waals surface area contributed by atoms with Gasteiger partial charge in [0.25, 0.3) is 0 Å². The normalized spacial score (nSPS) is 16.4. The van der Waals surface area contributed by atoms with Crippen molar-refractivity contribution in [2.75, 3.05) is 26.8 Å². The lowest BCUT2D eigenvalue weighted by molar-refractivity contribution is -0.132. The standard InChI is InChI=1S/C31H36FN5O3/c1-40-16-4-15-37-27-7-2-6-26(32)30(27)35-31(37)24-5-3-14-36(20-24)29(39)18-25(33)17-21-8-10-22(11-9-21)23-12-13-28(38)34-19-23/h2,6-13,19,24-25H,3-5,14-18,20,33H2,1H3,(H,34,38). The Morgan fingerprint density at radius 1 is 1.18 bits per heavy atom. The number of pyridine rings is 1. The number of hydrogen-bond donors (Lipinski definition) is 2. The zero-order valence-corrected chi connectivity index (χ0v) is 22.8. The van der Waals surface area contributed by atoms with E-state index in [4.69, 9.17) is 15.5 Å². The number of imidazole rings is 1. The SMILES string of the molecule is COCCCn1c(C2CCCN(C(=O)CC(N)Cc3ccc(-c4ccc(O)nc4)cc3)C2)nc2c(F)cccc21. The van der Waals surface area contributed by atoms with E-state index in [9.17, 15) is 14.3 Å². The molecule has 3 heterocycles. The van der Waals surface area contributed by atoms with Gasteiger partial charge in [0.05, 0.1) is 5.52 Å². The van der Waals surface area contributed by atoms with Gasteiger partial charge in [-0.3, -0.25) is 4.79 Å². The van der Waals surface area contributed by atoms with Crippen molar-refractivity contribution < 1.29 is 19.0 Å². The monoisotopic (exact) mass is 545 g/mol. The smallest absolute Gasteiger partial charge is 0.224 e. The van der Waals surface area contributed by atoms with Crippen molar-refractivity contribution in [1.29, 1.82) is 0 Å². The second-order valence-corrected chi connectivity index (χ2v) is 10.5. The Hall–Kier alpha value is -3.82. The predicted molar refractivity (Wildman–Crippen MR) is 152 cm³/mol. The molecule has 4 aromatic rings. The highest BCUT2D eigenvalue weighted by Gasteiger charge is 2.29. The van der Waals surface area contributed by atoms with E-state index >= 15 is 0 Å². The first-order valence-corrected chi connectivity index (χ1v) is 13.8. The van der Waals surface area contributed by atoms with Gasteiger partial charge in [-0.1, -0.05) is 30.3 Å². The highest BCUT2D eigenvalue weighted by atomic mass is 19.1. The molecule has 0 spiro atoms. The number of methoxy groups -OCH3 is 1. The fourth-order valence-electron chi connectivity index (χ4n) is 5.58. The minimum Gasteiger partial charge on any atom is -0.493 e. The number of likely N-dealkylation sites (tertiary alicyclic amines) is 1. The Bertz CT molecular complexity index is 1440. The van der Waals surface area contributed by atoms with Crippen LogP contribution < -0.4 is 5.73 Å². The molecular formula is C31H36FN5O3. The van der Waals surface area contributed by atoms with Crippen LogP contribution in [0.5, 0.6) is 5.88 Å². The molecule has 2 aromatic heterocycles. The van der Waals surface area contributed by atoms with Crippen molar-refractivity contribution >= 4 is 16.9 Å². The lowest BCUT2D eigenvalue weighted by Crippen LogP contribution is -2.42. The first-order valence-electron chi connectivity index (χ1n) is 13.8. The molecule has 8 nitrogen and oxygen atoms in total. The Morgan fingerprint density at radius 3 is 2.73 bits per heavy atom. The lowest BCUT2D eigenvalue weighted by atomic mass is 9.95. The number of carbonyl (C=O) groups is 1. The quantitative estimate of drug-likeness (QED) is 0.281. The molecule has 3 N–H and O–H groups in total. The van der Waals surface area contributed by atoms with E-state index in [0.717, 1.165) is 47.3 Å². The number of ether oxygens (including phenoxy) is 1. The van der Waals surface area contributed by atoms with Crippen LogP contribution in [-0.4, -0.2) is 63.3 Å². The lowest BCUT2D eigenvalue weighted by Gasteiger charge is -2.33. The minimum atomic E-state index is -0.327. The van der Waals surface area contributed by atoms with E-state index in [1.807, 2.05) is 41.3 Å². The van der Waals surface area contributed by atoms with Crippen molar-refractivity contribution in [3.05, 3.63) is 78.0 Å². The summed E-state index contributed by atoms with van der Waals surface area (Å²) in [5, 5.41) is 9.40. The number of aromatic nitrogens is 3. The molecule has 0 bridgehead atoms. The number of fused-ring (bicyclic) bond motifs is 1. The summed E-state index contributed by atoms with van der Waals surface area (Å²) in [7, 11) is 1.67. The van der Waals surface area contributed by atoms with Gasteiger partial charge in [0.1, 0.15) is 11.3 Å². The number of carbonyl (C=O) groups excluding carboxylic acids is 1. The number of para-hydroxylation sites is 1. The highest BCUT2D eigenvalue weighted by Crippen LogP contribution is 2.31. The van der Waals surface area contributed by atoms with Crippen LogP contribution >= 0.6 is 0 Å². The number of amides is 1. The fraction of sp³-hybridized carbons (Fsp3) is 0.387. The number of hydrogen-bond acceptors (Lipinski definition) is 6. The van der Waals surface area contributed by atoms with E-state index < -0.39 is 0 Å². The molecule has 2 aromatic carbocycles. The summed E-state index contributed by atoms with van der Waals surface area (Å²) in [5.74, 6) is 0.571. The van der Waals surface area contributed by atoms with Crippen molar-refractivity contribution in [2.24, 2.45) is 5.73 Å². The number of aryl methyl sites for hydroxylation is 1. The molecule has 0 saturated carbocycles. The van der Waals surface area contributed by atoms with Crippen LogP contribution in [0.2, 0.25) is 0 Å². The number of piperidine rings is 1. The molecule has 1 amide bonds. The summed E-state index contributed by atoms with van der Waals surface area (Å²) in [6.07, 6.45) is 5.03. The van der Waals surface area contributed by atoms with E-state index in [-0.39, 0.29) is 36.0 Å². The molecular weight excluding hydrogens is 509 g/mol. The van der Waals surface area contributed by atoms with Crippen molar-refractivity contribution in [3.8, 4) is 17.0 Å². The summed E-state index contributed by atoms with van der Waals surface area (Å²) >= 11 is 0. The van der Waals surface area contributed by atoms with Crippen LogP contribution in [0.15, 0.2) is 60.8 Å². The van der Waals surface area contributed by atoms with Gasteiger partial charge in [0.15, 0.2) is 5.82 Å². The van der Waals surface area contributed by atoms with Crippen LogP contribution in [-0.2, 0) is 22.5 Å². The van der Waals surface area contributed by atoms with Crippen LogP contribution in [0, 0.1) is 5.82 Å². The van der Waals surface area contributed by atoms with Crippen molar-refractivity contribution in [3.63, 3.8) is 0 Å². The zero-order valence-electron chi connectivity index (χ0n) is 22.8. The Kier molecular flexibility index (Phi) is 8.72. The average molecular weight is 546 g/mol. The minimum absolute atomic E-state index is 0.00865. The van der Waals surface area contributed by atoms with Crippen LogP contribution in [0.1, 0.15) is 43.0 Å². The predicted octanol–water partition coefficient (Wildman–Crippen LogP) is 4.65. The molecule has 2 atom stereocenters. The van der Waals surface area contributed by atoms with E-state index in [1.54, 1.807) is 25.4 Å². The first kappa shape index (κ1) is 27.7. The van der Waals surface area contributed by atoms with Gasteiger partial charge < -0.3 is 25.0 Å². The van der Waals surface area contributed by atoms with Crippen LogP contribution in [0.25, 0.3) is 22.2 Å². The summed E-state index contributed by atoms with van der Waals surface area (Å²) in [5.41, 5.74) is 10.6. The molecule has 210 valence electrons. The van der Waals surface area contributed by atoms with Gasteiger partial charge in [-0.2, -0.15) is 0 Å². The number of nitrogens with zero attached hydrogens (tertiary/aromatic N) is 4. The van der Waals surface area contributed by atoms with E-state index in [1.165, 1.54) is 6.07 Å². The summed E-state index contributed by atoms with van der Waals surface area (Å²) in [6.45, 7) is 2.53. The molecule has 1 aliphatic heterocycles. The molecule has 2 unspecified atom stereocenters. The third kappa shape index (κ3) is 6.32. The van der Waals surface area contributed by atoms with Crippen molar-refractivity contribution in [2.45, 2.75) is 50.6 Å². The van der Waals surface area contributed by atoms with Gasteiger partial charge in [-0.15, -0.1) is 0 Å². The second-order valence-electron chi connectivity index (χ2n) is 10.5. The first-order chi connectivity index (χ1) is 19.4. The topological polar surface area (TPSA) is 106 Å². The average Bonchev–Trinajstić information content (AvgIpc) is 3.34. The molecule has 40 heavy (non-hydrogen) atoms. The Morgan fingerprint density at radius 2 is 1.98 bits per heavy atom. The Labute approximate surface area is 233 Å². The molecule has 1 aliphatic rings. The second kappa shape index (κ2) is 12.6. The summed E-state index contributed by atoms with van der Waals surface area (Å²) in [4.78, 5) is 23.8. The van der Waals surface area contributed by atoms with Crippen LogP contribution in [0.4, 0.5) is 4.39 Å². The number of nitrogens with two attached hydrogens (primary N) is 1. The van der Waals surface area contributed by atoms with Gasteiger partial charge >= 0.3 is 0 Å². The zero-order chi connectivity index (χ0) is 28.1. The van der Waals surface area contributed by atoms with Gasteiger partial charge in [0.2, 0.25) is 11.8 Å². The molecule has 0 aliphatic carbocycles. The maximum Gasteiger partial charge on any atom is 0.224 e. The van der Waals surface area contributed by atoms with Gasteiger partial charge in [-0.25, -0.2) is 14.4 Å². The Balaban J connectivity index is 1.22. The van der Waals surface area contributed by atoms with E-state index in [0.29, 0.717) is 38.2 Å². The molecule has 1 saturated heterocycles. The number of aromatic hydroxyl groups is 1. The highest BCUT2D eigenvalue weighted by molar-refractivity contribution is 5.78. The maximum atomic E-state index is 14.6. The fourth-order valence-corrected chi connectivity index (χ4v) is 5.58. The largest absolute Gasteiger partial charge is 0.493 e. The summed E-state index contributed by atoms with van der Waals surface area (Å²) < 4.78 is 21.9. The van der Waals surface area contributed by atoms with Gasteiger partial charge in [0, 0.05) is 69.6 Å². The third-order valence-electron chi connectivity index (χ3n) is 7.60. The van der Waals surface area contributed by atoms with Gasteiger partial charge in [-0.05, 0) is 55.0 Å².